The molecule has 7 heteroatoms. The monoisotopic (exact) mass is 392 g/mol. The molecule has 0 spiro atoms. The Balaban J connectivity index is 1.40. The summed E-state index contributed by atoms with van der Waals surface area (Å²) >= 11 is 0. The minimum Gasteiger partial charge on any atom is -0.484 e. The minimum absolute atomic E-state index is 0.119. The van der Waals surface area contributed by atoms with Gasteiger partial charge in [-0.05, 0) is 31.7 Å². The van der Waals surface area contributed by atoms with Gasteiger partial charge in [-0.15, -0.1) is 0 Å². The summed E-state index contributed by atoms with van der Waals surface area (Å²) < 4.78 is 10.9. The third-order valence-electron chi connectivity index (χ3n) is 5.16. The summed E-state index contributed by atoms with van der Waals surface area (Å²) in [4.78, 5) is 21.2. The molecule has 1 atom stereocenters. The van der Waals surface area contributed by atoms with Crippen molar-refractivity contribution in [3.05, 3.63) is 77.4 Å². The van der Waals surface area contributed by atoms with Gasteiger partial charge in [0.25, 0.3) is 5.91 Å². The highest BCUT2D eigenvalue weighted by atomic mass is 16.5. The fraction of sp³-hybridized carbons (Fsp3) is 0.318. The number of hydrogen-bond donors (Lipinski definition) is 0. The number of aryl methyl sites for hydroxylation is 1. The van der Waals surface area contributed by atoms with Crippen molar-refractivity contribution >= 4 is 5.91 Å². The Labute approximate surface area is 169 Å². The van der Waals surface area contributed by atoms with E-state index in [1.165, 1.54) is 5.56 Å². The number of carbonyl (C=O) groups excluding carboxylic acids is 1. The first-order valence-electron chi connectivity index (χ1n) is 9.65. The van der Waals surface area contributed by atoms with Crippen molar-refractivity contribution in [1.29, 1.82) is 0 Å². The van der Waals surface area contributed by atoms with Crippen LogP contribution in [0.25, 0.3) is 0 Å². The number of nitrogens with zero attached hydrogens (tertiary/aromatic N) is 4. The van der Waals surface area contributed by atoms with Gasteiger partial charge in [0.1, 0.15) is 12.4 Å². The molecule has 1 aliphatic rings. The second-order valence-electron chi connectivity index (χ2n) is 7.26. The summed E-state index contributed by atoms with van der Waals surface area (Å²) in [5.74, 6) is 1.03. The number of carbonyl (C=O) groups is 1. The fourth-order valence-corrected chi connectivity index (χ4v) is 3.43. The molecular weight excluding hydrogens is 368 g/mol. The van der Waals surface area contributed by atoms with E-state index in [0.29, 0.717) is 30.3 Å². The number of benzene rings is 1. The zero-order valence-electron chi connectivity index (χ0n) is 16.6. The molecular formula is C22H24N4O3. The van der Waals surface area contributed by atoms with Crippen molar-refractivity contribution in [2.75, 3.05) is 26.7 Å². The predicted octanol–water partition coefficient (Wildman–Crippen LogP) is 3.09. The largest absolute Gasteiger partial charge is 0.484 e. The Morgan fingerprint density at radius 1 is 1.21 bits per heavy atom. The van der Waals surface area contributed by atoms with Gasteiger partial charge in [-0.2, -0.15) is 0 Å². The lowest BCUT2D eigenvalue weighted by atomic mass is 10.0. The lowest BCUT2D eigenvalue weighted by Crippen LogP contribution is -2.49. The number of hydrogen-bond acceptors (Lipinski definition) is 6. The maximum absolute atomic E-state index is 12.9. The molecule has 0 aliphatic carbocycles. The highest BCUT2D eigenvalue weighted by Gasteiger charge is 2.30. The van der Waals surface area contributed by atoms with Crippen LogP contribution in [0.3, 0.4) is 0 Å². The van der Waals surface area contributed by atoms with Crippen molar-refractivity contribution in [1.82, 2.24) is 19.9 Å². The normalized spacial score (nSPS) is 17.3. The third-order valence-corrected chi connectivity index (χ3v) is 5.16. The van der Waals surface area contributed by atoms with E-state index in [9.17, 15) is 4.79 Å². The van der Waals surface area contributed by atoms with Crippen molar-refractivity contribution in [2.45, 2.75) is 19.6 Å². The van der Waals surface area contributed by atoms with Crippen molar-refractivity contribution < 1.29 is 14.1 Å². The number of piperazine rings is 1. The Bertz CT molecular complexity index is 956. The summed E-state index contributed by atoms with van der Waals surface area (Å²) in [6, 6.07) is 15.8. The Hall–Kier alpha value is -3.19. The van der Waals surface area contributed by atoms with E-state index in [1.807, 2.05) is 42.2 Å². The third kappa shape index (κ3) is 4.46. The highest BCUT2D eigenvalue weighted by molar-refractivity contribution is 5.92. The van der Waals surface area contributed by atoms with E-state index in [-0.39, 0.29) is 18.6 Å². The Morgan fingerprint density at radius 2 is 2.03 bits per heavy atom. The molecule has 1 unspecified atom stereocenters. The van der Waals surface area contributed by atoms with Gasteiger partial charge in [-0.25, -0.2) is 0 Å². The van der Waals surface area contributed by atoms with E-state index in [2.05, 4.69) is 34.2 Å². The first-order chi connectivity index (χ1) is 14.1. The van der Waals surface area contributed by atoms with Gasteiger partial charge in [0, 0.05) is 31.4 Å². The first-order valence-corrected chi connectivity index (χ1v) is 9.65. The van der Waals surface area contributed by atoms with Crippen LogP contribution in [-0.4, -0.2) is 52.5 Å². The van der Waals surface area contributed by atoms with E-state index in [4.69, 9.17) is 9.26 Å². The molecule has 0 N–H and O–H groups in total. The molecule has 1 saturated heterocycles. The fourth-order valence-electron chi connectivity index (χ4n) is 3.43. The summed E-state index contributed by atoms with van der Waals surface area (Å²) in [7, 11) is 2.09. The van der Waals surface area contributed by atoms with Crippen molar-refractivity contribution in [2.24, 2.45) is 0 Å². The molecule has 4 rings (SSSR count). The zero-order valence-corrected chi connectivity index (χ0v) is 16.6. The summed E-state index contributed by atoms with van der Waals surface area (Å²) in [6.07, 6.45) is 1.66. The lowest BCUT2D eigenvalue weighted by Gasteiger charge is -2.39. The molecule has 1 aliphatic heterocycles. The molecule has 1 aromatic carbocycles. The van der Waals surface area contributed by atoms with Crippen molar-refractivity contribution in [3.8, 4) is 5.75 Å². The molecule has 1 amide bonds. The molecule has 29 heavy (non-hydrogen) atoms. The number of rotatable bonds is 5. The van der Waals surface area contributed by atoms with Gasteiger partial charge >= 0.3 is 0 Å². The van der Waals surface area contributed by atoms with E-state index in [1.54, 1.807) is 12.3 Å². The quantitative estimate of drug-likeness (QED) is 0.665. The topological polar surface area (TPSA) is 71.7 Å². The second-order valence-corrected chi connectivity index (χ2v) is 7.26. The number of likely N-dealkylation sites (N-methyl/N-ethyl adjacent to an activating group) is 1. The maximum atomic E-state index is 12.9. The van der Waals surface area contributed by atoms with Gasteiger partial charge in [0.2, 0.25) is 0 Å². The molecule has 7 nitrogen and oxygen atoms in total. The van der Waals surface area contributed by atoms with Crippen LogP contribution in [0.1, 0.15) is 33.5 Å². The molecule has 0 radical (unpaired) electrons. The van der Waals surface area contributed by atoms with Crippen LogP contribution >= 0.6 is 0 Å². The number of ether oxygens (including phenoxy) is 1. The second kappa shape index (κ2) is 8.45. The molecule has 2 aromatic heterocycles. The molecule has 150 valence electrons. The van der Waals surface area contributed by atoms with Crippen LogP contribution in [0.15, 0.2) is 59.3 Å². The van der Waals surface area contributed by atoms with Crippen LogP contribution in [0, 0.1) is 6.92 Å². The Morgan fingerprint density at radius 3 is 2.79 bits per heavy atom. The van der Waals surface area contributed by atoms with Crippen LogP contribution in [0.2, 0.25) is 0 Å². The van der Waals surface area contributed by atoms with Gasteiger partial charge in [0.05, 0.1) is 12.2 Å². The van der Waals surface area contributed by atoms with Crippen LogP contribution in [0.5, 0.6) is 5.75 Å². The average molecular weight is 392 g/mol. The summed E-state index contributed by atoms with van der Waals surface area (Å²) in [5.41, 5.74) is 2.43. The first kappa shape index (κ1) is 19.1. The standard InChI is InChI=1S/C22H24N4O3/c1-16-8-9-18(13-23-16)28-15-19-12-20(24-29-19)22(27)26-11-10-25(2)21(14-26)17-6-4-3-5-7-17/h3-9,12-13,21H,10-11,14-15H2,1-2H3. The van der Waals surface area contributed by atoms with Crippen LogP contribution in [0.4, 0.5) is 0 Å². The van der Waals surface area contributed by atoms with Gasteiger partial charge < -0.3 is 14.2 Å². The van der Waals surface area contributed by atoms with E-state index < -0.39 is 0 Å². The summed E-state index contributed by atoms with van der Waals surface area (Å²) in [5, 5.41) is 3.96. The van der Waals surface area contributed by atoms with Gasteiger partial charge in [0.15, 0.2) is 11.5 Å². The predicted molar refractivity (Wildman–Crippen MR) is 108 cm³/mol. The average Bonchev–Trinajstić information content (AvgIpc) is 3.23. The molecule has 1 fully saturated rings. The maximum Gasteiger partial charge on any atom is 0.276 e. The zero-order chi connectivity index (χ0) is 20.2. The summed E-state index contributed by atoms with van der Waals surface area (Å²) in [6.45, 7) is 4.19. The smallest absolute Gasteiger partial charge is 0.276 e. The number of aromatic nitrogens is 2. The molecule has 0 bridgehead atoms. The number of amides is 1. The Kier molecular flexibility index (Phi) is 5.57. The van der Waals surface area contributed by atoms with E-state index in [0.717, 1.165) is 12.2 Å². The molecule has 3 heterocycles. The van der Waals surface area contributed by atoms with Crippen molar-refractivity contribution in [3.63, 3.8) is 0 Å². The minimum atomic E-state index is -0.119. The number of pyridine rings is 1. The van der Waals surface area contributed by atoms with E-state index >= 15 is 0 Å². The lowest BCUT2D eigenvalue weighted by molar-refractivity contribution is 0.0536. The molecule has 0 saturated carbocycles. The SMILES string of the molecule is Cc1ccc(OCc2cc(C(=O)N3CCN(C)C(c4ccccc4)C3)no2)cn1. The van der Waals surface area contributed by atoms with Crippen LogP contribution < -0.4 is 4.74 Å². The van der Waals surface area contributed by atoms with Crippen LogP contribution in [-0.2, 0) is 6.61 Å². The van der Waals surface area contributed by atoms with Gasteiger partial charge in [-0.1, -0.05) is 35.5 Å². The highest BCUT2D eigenvalue weighted by Crippen LogP contribution is 2.25. The van der Waals surface area contributed by atoms with Gasteiger partial charge in [-0.3, -0.25) is 14.7 Å². The molecule has 3 aromatic rings.